The first-order valence-corrected chi connectivity index (χ1v) is 9.47. The molecule has 1 aromatic rings. The topological polar surface area (TPSA) is 125 Å². The summed E-state index contributed by atoms with van der Waals surface area (Å²) >= 11 is 0. The van der Waals surface area contributed by atoms with Crippen LogP contribution >= 0.6 is 0 Å². The highest BCUT2D eigenvalue weighted by Crippen LogP contribution is 2.38. The summed E-state index contributed by atoms with van der Waals surface area (Å²) in [5.41, 5.74) is 0.655. The number of nitro benzene ring substituents is 1. The van der Waals surface area contributed by atoms with Crippen LogP contribution in [0.3, 0.4) is 0 Å². The molecule has 2 unspecified atom stereocenters. The van der Waals surface area contributed by atoms with E-state index in [1.54, 1.807) is 0 Å². The minimum Gasteiger partial charge on any atom is -0.467 e. The molecule has 29 heavy (non-hydrogen) atoms. The highest BCUT2D eigenvalue weighted by molar-refractivity contribution is 6.07. The monoisotopic (exact) mass is 404 g/mol. The van der Waals surface area contributed by atoms with Crippen LogP contribution in [0.4, 0.5) is 5.69 Å². The van der Waals surface area contributed by atoms with E-state index in [9.17, 15) is 24.5 Å². The number of hydrogen-bond donors (Lipinski definition) is 0. The lowest BCUT2D eigenvalue weighted by Crippen LogP contribution is -2.36. The van der Waals surface area contributed by atoms with Crippen molar-refractivity contribution in [2.45, 2.75) is 38.9 Å². The molecule has 0 spiro atoms. The average molecular weight is 404 g/mol. The van der Waals surface area contributed by atoms with Crippen LogP contribution in [0.5, 0.6) is 5.75 Å². The van der Waals surface area contributed by atoms with Gasteiger partial charge in [0.25, 0.3) is 5.69 Å². The Morgan fingerprint density at radius 3 is 2.55 bits per heavy atom. The van der Waals surface area contributed by atoms with Crippen molar-refractivity contribution in [3.63, 3.8) is 0 Å². The molecule has 2 heterocycles. The number of non-ortho nitro benzene ring substituents is 1. The zero-order valence-corrected chi connectivity index (χ0v) is 15.6. The largest absolute Gasteiger partial charge is 0.467 e. The first kappa shape index (κ1) is 19.3. The predicted molar refractivity (Wildman–Crippen MR) is 95.3 cm³/mol. The Hall–Kier alpha value is -3.01. The van der Waals surface area contributed by atoms with Gasteiger partial charge in [0, 0.05) is 23.3 Å². The number of ether oxygens (including phenoxy) is 3. The maximum absolute atomic E-state index is 12.5. The Balaban J connectivity index is 1.44. The zero-order valence-electron chi connectivity index (χ0n) is 15.6. The van der Waals surface area contributed by atoms with E-state index in [-0.39, 0.29) is 49.3 Å². The third-order valence-electron chi connectivity index (χ3n) is 5.59. The number of rotatable bonds is 5. The summed E-state index contributed by atoms with van der Waals surface area (Å²) in [6.07, 6.45) is 3.14. The van der Waals surface area contributed by atoms with E-state index in [1.807, 2.05) is 0 Å². The fraction of sp³-hybridized carbons (Fsp3) is 0.526. The van der Waals surface area contributed by atoms with Crippen LogP contribution in [0, 0.1) is 22.0 Å². The van der Waals surface area contributed by atoms with Gasteiger partial charge in [0.1, 0.15) is 18.9 Å². The first-order valence-electron chi connectivity index (χ1n) is 9.47. The number of nitrogens with zero attached hydrogens (tertiary/aromatic N) is 2. The molecule has 1 saturated carbocycles. The molecular weight excluding hydrogens is 384 g/mol. The van der Waals surface area contributed by atoms with Crippen molar-refractivity contribution in [3.05, 3.63) is 33.4 Å². The number of carbonyl (C=O) groups is 3. The summed E-state index contributed by atoms with van der Waals surface area (Å²) in [6.45, 7) is -0.583. The van der Waals surface area contributed by atoms with Crippen LogP contribution in [-0.2, 0) is 37.1 Å². The van der Waals surface area contributed by atoms with Gasteiger partial charge in [-0.1, -0.05) is 12.8 Å². The van der Waals surface area contributed by atoms with Crippen molar-refractivity contribution in [1.82, 2.24) is 4.90 Å². The quantitative estimate of drug-likeness (QED) is 0.314. The van der Waals surface area contributed by atoms with Crippen LogP contribution in [0.2, 0.25) is 0 Å². The van der Waals surface area contributed by atoms with E-state index in [0.717, 1.165) is 17.7 Å². The molecule has 2 amide bonds. The predicted octanol–water partition coefficient (Wildman–Crippen LogP) is 1.68. The molecule has 0 bridgehead atoms. The minimum absolute atomic E-state index is 0.00862. The lowest BCUT2D eigenvalue weighted by molar-refractivity contribution is -0.385. The van der Waals surface area contributed by atoms with Gasteiger partial charge in [0.15, 0.2) is 6.79 Å². The third kappa shape index (κ3) is 3.67. The van der Waals surface area contributed by atoms with Crippen LogP contribution in [0.25, 0.3) is 0 Å². The Bertz CT molecular complexity index is 859. The van der Waals surface area contributed by atoms with Crippen molar-refractivity contribution in [2.75, 3.05) is 13.3 Å². The highest BCUT2D eigenvalue weighted by Gasteiger charge is 2.48. The van der Waals surface area contributed by atoms with Crippen molar-refractivity contribution in [1.29, 1.82) is 0 Å². The second-order valence-corrected chi connectivity index (χ2v) is 7.38. The summed E-state index contributed by atoms with van der Waals surface area (Å²) < 4.78 is 15.7. The summed E-state index contributed by atoms with van der Waals surface area (Å²) in [4.78, 5) is 48.8. The number of nitro groups is 1. The number of benzene rings is 1. The van der Waals surface area contributed by atoms with Gasteiger partial charge < -0.3 is 14.2 Å². The van der Waals surface area contributed by atoms with Gasteiger partial charge in [-0.05, 0) is 12.8 Å². The molecule has 2 atom stereocenters. The molecule has 154 valence electrons. The van der Waals surface area contributed by atoms with Crippen LogP contribution in [0.15, 0.2) is 12.1 Å². The fourth-order valence-corrected chi connectivity index (χ4v) is 4.21. The number of amides is 2. The van der Waals surface area contributed by atoms with Gasteiger partial charge >= 0.3 is 5.97 Å². The molecular formula is C19H20N2O8. The zero-order chi connectivity index (χ0) is 20.5. The Labute approximate surface area is 165 Å². The Morgan fingerprint density at radius 1 is 1.21 bits per heavy atom. The molecule has 2 fully saturated rings. The van der Waals surface area contributed by atoms with Gasteiger partial charge in [0.05, 0.1) is 23.4 Å². The second kappa shape index (κ2) is 7.78. The summed E-state index contributed by atoms with van der Waals surface area (Å²) in [7, 11) is 0. The lowest BCUT2D eigenvalue weighted by Gasteiger charge is -2.20. The number of hydrogen-bond acceptors (Lipinski definition) is 8. The number of esters is 1. The molecule has 10 nitrogen and oxygen atoms in total. The molecule has 10 heteroatoms. The van der Waals surface area contributed by atoms with E-state index >= 15 is 0 Å². The molecule has 1 aromatic carbocycles. The minimum atomic E-state index is -0.752. The normalized spacial score (nSPS) is 23.2. The number of carbonyl (C=O) groups excluding carboxylic acids is 3. The van der Waals surface area contributed by atoms with Crippen molar-refractivity contribution < 1.29 is 33.5 Å². The summed E-state index contributed by atoms with van der Waals surface area (Å²) in [6, 6.07) is 2.63. The van der Waals surface area contributed by atoms with E-state index < -0.39 is 17.4 Å². The maximum atomic E-state index is 12.5. The van der Waals surface area contributed by atoms with Crippen LogP contribution < -0.4 is 4.74 Å². The molecule has 3 aliphatic rings. The molecule has 1 aliphatic carbocycles. The van der Waals surface area contributed by atoms with E-state index in [4.69, 9.17) is 14.2 Å². The number of imide groups is 1. The van der Waals surface area contributed by atoms with Crippen molar-refractivity contribution >= 4 is 23.5 Å². The molecule has 1 saturated heterocycles. The van der Waals surface area contributed by atoms with Gasteiger partial charge in [0.2, 0.25) is 11.8 Å². The Morgan fingerprint density at radius 2 is 1.90 bits per heavy atom. The Kier molecular flexibility index (Phi) is 5.18. The van der Waals surface area contributed by atoms with Crippen LogP contribution in [0.1, 0.15) is 36.8 Å². The number of fused-ring (bicyclic) bond motifs is 2. The maximum Gasteiger partial charge on any atom is 0.326 e. The highest BCUT2D eigenvalue weighted by atomic mass is 16.7. The van der Waals surface area contributed by atoms with E-state index in [0.29, 0.717) is 29.7 Å². The average Bonchev–Trinajstić information content (AvgIpc) is 2.97. The number of likely N-dealkylation sites (tertiary alicyclic amines) is 1. The lowest BCUT2D eigenvalue weighted by atomic mass is 9.81. The first-order chi connectivity index (χ1) is 14.0. The third-order valence-corrected chi connectivity index (χ3v) is 5.59. The van der Waals surface area contributed by atoms with Gasteiger partial charge in [-0.2, -0.15) is 0 Å². The molecule has 0 radical (unpaired) electrons. The smallest absolute Gasteiger partial charge is 0.326 e. The van der Waals surface area contributed by atoms with Crippen molar-refractivity contribution in [3.8, 4) is 5.75 Å². The van der Waals surface area contributed by atoms with Gasteiger partial charge in [-0.3, -0.25) is 29.4 Å². The SMILES string of the molecule is O=C(CN1C(=O)C2CCCCC2C1=O)OCc1cc([N+](=O)[O-])cc2c1OCOC2. The van der Waals surface area contributed by atoms with E-state index in [1.165, 1.54) is 12.1 Å². The summed E-state index contributed by atoms with van der Waals surface area (Å²) in [5.74, 6) is -1.66. The summed E-state index contributed by atoms with van der Waals surface area (Å²) in [5, 5.41) is 11.1. The van der Waals surface area contributed by atoms with Gasteiger partial charge in [-0.15, -0.1) is 0 Å². The molecule has 2 aliphatic heterocycles. The molecule has 4 rings (SSSR count). The second-order valence-electron chi connectivity index (χ2n) is 7.38. The van der Waals surface area contributed by atoms with Crippen LogP contribution in [-0.4, -0.2) is 40.9 Å². The molecule has 0 aromatic heterocycles. The molecule has 0 N–H and O–H groups in total. The standard InChI is InChI=1S/C19H20N2O8/c22-16(7-20-18(23)14-3-1-2-4-15(14)19(20)24)28-9-12-6-13(21(25)26)5-11-8-27-10-29-17(11)12/h5-6,14-15H,1-4,7-10H2. The van der Waals surface area contributed by atoms with Crippen molar-refractivity contribution in [2.24, 2.45) is 11.8 Å². The van der Waals surface area contributed by atoms with E-state index in [2.05, 4.69) is 0 Å². The van der Waals surface area contributed by atoms with Gasteiger partial charge in [-0.25, -0.2) is 0 Å². The fourth-order valence-electron chi connectivity index (χ4n) is 4.21.